The quantitative estimate of drug-likeness (QED) is 0.833. The molecule has 5 nitrogen and oxygen atoms in total. The average Bonchev–Trinajstić information content (AvgIpc) is 2.43. The lowest BCUT2D eigenvalue weighted by Gasteiger charge is -2.23. The van der Waals surface area contributed by atoms with Crippen molar-refractivity contribution in [2.24, 2.45) is 5.92 Å². The van der Waals surface area contributed by atoms with Crippen LogP contribution in [0.25, 0.3) is 0 Å². The molecular weight excluding hydrogens is 226 g/mol. The molecule has 5 heteroatoms. The lowest BCUT2D eigenvalue weighted by molar-refractivity contribution is 0.676. The van der Waals surface area contributed by atoms with E-state index in [0.29, 0.717) is 6.54 Å². The largest absolute Gasteiger partial charge is 0.373 e. The van der Waals surface area contributed by atoms with Crippen molar-refractivity contribution >= 4 is 11.6 Å². The molecule has 1 rings (SSSR count). The molecule has 1 N–H and O–H groups in total. The lowest BCUT2D eigenvalue weighted by atomic mass is 10.2. The van der Waals surface area contributed by atoms with Crippen LogP contribution in [0.15, 0.2) is 6.07 Å². The van der Waals surface area contributed by atoms with Gasteiger partial charge in [0.25, 0.3) is 0 Å². The van der Waals surface area contributed by atoms with Crippen LogP contribution in [0.1, 0.15) is 26.6 Å². The van der Waals surface area contributed by atoms with Gasteiger partial charge in [-0.05, 0) is 13.8 Å². The SMILES string of the molecule is CCc1nc(NC)cc(N(CC)CC(C)C#N)n1. The monoisotopic (exact) mass is 247 g/mol. The fraction of sp³-hybridized carbons (Fsp3) is 0.615. The van der Waals surface area contributed by atoms with Crippen molar-refractivity contribution in [3.63, 3.8) is 0 Å². The fourth-order valence-corrected chi connectivity index (χ4v) is 1.69. The first-order chi connectivity index (χ1) is 8.64. The second-order valence-electron chi connectivity index (χ2n) is 4.20. The molecule has 98 valence electrons. The van der Waals surface area contributed by atoms with Gasteiger partial charge in [-0.15, -0.1) is 0 Å². The summed E-state index contributed by atoms with van der Waals surface area (Å²) in [7, 11) is 1.85. The van der Waals surface area contributed by atoms with Crippen molar-refractivity contribution < 1.29 is 0 Å². The smallest absolute Gasteiger partial charge is 0.134 e. The van der Waals surface area contributed by atoms with Crippen LogP contribution in [0.2, 0.25) is 0 Å². The molecule has 0 fully saturated rings. The Morgan fingerprint density at radius 2 is 2.17 bits per heavy atom. The summed E-state index contributed by atoms with van der Waals surface area (Å²) in [5, 5.41) is 12.0. The Bertz CT molecular complexity index is 402. The molecular formula is C13H21N5. The highest BCUT2D eigenvalue weighted by molar-refractivity contribution is 5.49. The van der Waals surface area contributed by atoms with Crippen molar-refractivity contribution in [1.29, 1.82) is 5.26 Å². The molecule has 0 aliphatic carbocycles. The van der Waals surface area contributed by atoms with Crippen LogP contribution in [-0.4, -0.2) is 30.1 Å². The topological polar surface area (TPSA) is 64.8 Å². The van der Waals surface area contributed by atoms with Gasteiger partial charge >= 0.3 is 0 Å². The highest BCUT2D eigenvalue weighted by Gasteiger charge is 2.12. The average molecular weight is 247 g/mol. The zero-order valence-electron chi connectivity index (χ0n) is 11.6. The molecule has 18 heavy (non-hydrogen) atoms. The van der Waals surface area contributed by atoms with E-state index in [1.165, 1.54) is 0 Å². The van der Waals surface area contributed by atoms with Gasteiger partial charge in [-0.2, -0.15) is 5.26 Å². The van der Waals surface area contributed by atoms with E-state index in [1.807, 2.05) is 27.0 Å². The van der Waals surface area contributed by atoms with E-state index in [0.717, 1.165) is 30.4 Å². The van der Waals surface area contributed by atoms with Gasteiger partial charge in [-0.25, -0.2) is 9.97 Å². The Morgan fingerprint density at radius 1 is 1.44 bits per heavy atom. The van der Waals surface area contributed by atoms with Crippen molar-refractivity contribution in [2.45, 2.75) is 27.2 Å². The van der Waals surface area contributed by atoms with E-state index < -0.39 is 0 Å². The Hall–Kier alpha value is -1.83. The number of aryl methyl sites for hydroxylation is 1. The summed E-state index contributed by atoms with van der Waals surface area (Å²) in [4.78, 5) is 11.0. The Morgan fingerprint density at radius 3 is 2.67 bits per heavy atom. The molecule has 1 heterocycles. The third-order valence-electron chi connectivity index (χ3n) is 2.75. The van der Waals surface area contributed by atoms with E-state index in [4.69, 9.17) is 5.26 Å². The van der Waals surface area contributed by atoms with Gasteiger partial charge in [-0.3, -0.25) is 0 Å². The molecule has 0 saturated heterocycles. The number of anilines is 2. The Balaban J connectivity index is 3.01. The minimum absolute atomic E-state index is 0.0111. The van der Waals surface area contributed by atoms with Crippen molar-refractivity contribution in [3.8, 4) is 6.07 Å². The molecule has 0 aromatic carbocycles. The molecule has 0 spiro atoms. The zero-order chi connectivity index (χ0) is 13.5. The minimum Gasteiger partial charge on any atom is -0.373 e. The number of hydrogen-bond acceptors (Lipinski definition) is 5. The maximum absolute atomic E-state index is 8.91. The second kappa shape index (κ2) is 6.80. The van der Waals surface area contributed by atoms with Gasteiger partial charge in [0, 0.05) is 32.6 Å². The molecule has 1 atom stereocenters. The van der Waals surface area contributed by atoms with Gasteiger partial charge in [0.15, 0.2) is 0 Å². The molecule has 1 unspecified atom stereocenters. The number of nitrogens with one attached hydrogen (secondary N) is 1. The molecule has 0 bridgehead atoms. The van der Waals surface area contributed by atoms with Crippen LogP contribution in [0.5, 0.6) is 0 Å². The summed E-state index contributed by atoms with van der Waals surface area (Å²) in [6.07, 6.45) is 0.799. The summed E-state index contributed by atoms with van der Waals surface area (Å²) < 4.78 is 0. The standard InChI is InChI=1S/C13H21N5/c1-5-11-16-12(15-4)7-13(17-11)18(6-2)9-10(3)8-14/h7,10H,5-6,9H2,1-4H3,(H,15,16,17). The van der Waals surface area contributed by atoms with E-state index >= 15 is 0 Å². The molecule has 0 amide bonds. The molecule has 0 saturated carbocycles. The van der Waals surface area contributed by atoms with Gasteiger partial charge in [0.1, 0.15) is 17.5 Å². The molecule has 0 aliphatic heterocycles. The van der Waals surface area contributed by atoms with Gasteiger partial charge in [0.2, 0.25) is 0 Å². The van der Waals surface area contributed by atoms with Crippen molar-refractivity contribution in [3.05, 3.63) is 11.9 Å². The van der Waals surface area contributed by atoms with E-state index in [-0.39, 0.29) is 5.92 Å². The second-order valence-corrected chi connectivity index (χ2v) is 4.20. The Kier molecular flexibility index (Phi) is 5.37. The molecule has 0 aliphatic rings. The normalized spacial score (nSPS) is 11.7. The van der Waals surface area contributed by atoms with E-state index in [2.05, 4.69) is 33.2 Å². The molecule has 1 aromatic rings. The molecule has 1 aromatic heterocycles. The Labute approximate surface area is 109 Å². The lowest BCUT2D eigenvalue weighted by Crippen LogP contribution is -2.29. The number of rotatable bonds is 6. The highest BCUT2D eigenvalue weighted by Crippen LogP contribution is 2.17. The highest BCUT2D eigenvalue weighted by atomic mass is 15.2. The van der Waals surface area contributed by atoms with Gasteiger partial charge in [-0.1, -0.05) is 6.92 Å². The number of aromatic nitrogens is 2. The van der Waals surface area contributed by atoms with Crippen LogP contribution in [0.4, 0.5) is 11.6 Å². The van der Waals surface area contributed by atoms with Crippen LogP contribution in [0, 0.1) is 17.2 Å². The van der Waals surface area contributed by atoms with Gasteiger partial charge < -0.3 is 10.2 Å². The van der Waals surface area contributed by atoms with Gasteiger partial charge in [0.05, 0.1) is 12.0 Å². The van der Waals surface area contributed by atoms with Crippen molar-refractivity contribution in [1.82, 2.24) is 9.97 Å². The van der Waals surface area contributed by atoms with E-state index in [9.17, 15) is 0 Å². The predicted octanol–water partition coefficient (Wildman–Crippen LogP) is 2.07. The zero-order valence-corrected chi connectivity index (χ0v) is 11.6. The maximum atomic E-state index is 8.91. The first-order valence-corrected chi connectivity index (χ1v) is 6.34. The summed E-state index contributed by atoms with van der Waals surface area (Å²) in [6.45, 7) is 7.54. The fourth-order valence-electron chi connectivity index (χ4n) is 1.69. The third kappa shape index (κ3) is 3.59. The maximum Gasteiger partial charge on any atom is 0.134 e. The summed E-state index contributed by atoms with van der Waals surface area (Å²) >= 11 is 0. The third-order valence-corrected chi connectivity index (χ3v) is 2.75. The first kappa shape index (κ1) is 14.2. The van der Waals surface area contributed by atoms with Crippen LogP contribution >= 0.6 is 0 Å². The minimum atomic E-state index is -0.0111. The summed E-state index contributed by atoms with van der Waals surface area (Å²) in [5.41, 5.74) is 0. The molecule has 0 radical (unpaired) electrons. The first-order valence-electron chi connectivity index (χ1n) is 6.34. The van der Waals surface area contributed by atoms with Crippen LogP contribution in [-0.2, 0) is 6.42 Å². The summed E-state index contributed by atoms with van der Waals surface area (Å²) in [5.74, 6) is 2.51. The van der Waals surface area contributed by atoms with Crippen LogP contribution < -0.4 is 10.2 Å². The number of hydrogen-bond donors (Lipinski definition) is 1. The number of nitrogens with zero attached hydrogens (tertiary/aromatic N) is 4. The summed E-state index contributed by atoms with van der Waals surface area (Å²) in [6, 6.07) is 4.18. The van der Waals surface area contributed by atoms with Crippen LogP contribution in [0.3, 0.4) is 0 Å². The van der Waals surface area contributed by atoms with Crippen molar-refractivity contribution in [2.75, 3.05) is 30.4 Å². The predicted molar refractivity (Wildman–Crippen MR) is 73.6 cm³/mol. The number of nitriles is 1. The van der Waals surface area contributed by atoms with E-state index in [1.54, 1.807) is 0 Å².